The van der Waals surface area contributed by atoms with E-state index in [2.05, 4.69) is 118 Å². The summed E-state index contributed by atoms with van der Waals surface area (Å²) in [4.78, 5) is 38.1. The van der Waals surface area contributed by atoms with Crippen LogP contribution in [-0.4, -0.2) is 37.2 Å². The molecule has 0 saturated heterocycles. The monoisotopic (exact) mass is 973 g/mol. The zero-order chi connectivity index (χ0) is 50.7. The number of carbonyl (C=O) groups is 3. The van der Waals surface area contributed by atoms with Crippen LogP contribution < -0.4 is 0 Å². The molecule has 1 atom stereocenters. The van der Waals surface area contributed by atoms with E-state index in [9.17, 15) is 14.4 Å². The van der Waals surface area contributed by atoms with Crippen molar-refractivity contribution in [1.29, 1.82) is 0 Å². The quantitative estimate of drug-likeness (QED) is 0.0262. The predicted molar refractivity (Wildman–Crippen MR) is 302 cm³/mol. The molecule has 6 heteroatoms. The molecule has 0 rings (SSSR count). The summed E-state index contributed by atoms with van der Waals surface area (Å²) in [5.41, 5.74) is 0. The van der Waals surface area contributed by atoms with Crippen LogP contribution in [0.4, 0.5) is 0 Å². The number of hydrogen-bond acceptors (Lipinski definition) is 6. The van der Waals surface area contributed by atoms with Gasteiger partial charge in [0.1, 0.15) is 13.2 Å². The highest BCUT2D eigenvalue weighted by Gasteiger charge is 2.19. The number of carbonyl (C=O) groups excluding carboxylic acids is 3. The molecule has 0 aromatic rings. The summed E-state index contributed by atoms with van der Waals surface area (Å²) < 4.78 is 16.8. The lowest BCUT2D eigenvalue weighted by Crippen LogP contribution is -2.30. The van der Waals surface area contributed by atoms with Crippen molar-refractivity contribution in [2.75, 3.05) is 13.2 Å². The number of ether oxygens (including phenoxy) is 3. The molecule has 0 N–H and O–H groups in total. The highest BCUT2D eigenvalue weighted by Crippen LogP contribution is 2.15. The van der Waals surface area contributed by atoms with Gasteiger partial charge in [-0.15, -0.1) is 0 Å². The Morgan fingerprint density at radius 1 is 0.300 bits per heavy atom. The zero-order valence-corrected chi connectivity index (χ0v) is 45.8. The third kappa shape index (κ3) is 55.3. The first-order chi connectivity index (χ1) is 34.5. The van der Waals surface area contributed by atoms with Gasteiger partial charge in [0.05, 0.1) is 0 Å². The fourth-order valence-corrected chi connectivity index (χ4v) is 7.91. The first kappa shape index (κ1) is 66.3. The molecule has 0 bridgehead atoms. The van der Waals surface area contributed by atoms with Crippen molar-refractivity contribution in [3.8, 4) is 0 Å². The van der Waals surface area contributed by atoms with E-state index in [1.54, 1.807) is 0 Å². The van der Waals surface area contributed by atoms with Gasteiger partial charge in [0, 0.05) is 19.3 Å². The average Bonchev–Trinajstić information content (AvgIpc) is 3.36. The molecular formula is C64H108O6. The van der Waals surface area contributed by atoms with Gasteiger partial charge >= 0.3 is 17.9 Å². The summed E-state index contributed by atoms with van der Waals surface area (Å²) in [7, 11) is 0. The highest BCUT2D eigenvalue weighted by atomic mass is 16.6. The summed E-state index contributed by atoms with van der Waals surface area (Å²) in [5.74, 6) is -0.920. The smallest absolute Gasteiger partial charge is 0.306 e. The third-order valence-corrected chi connectivity index (χ3v) is 12.3. The van der Waals surface area contributed by atoms with E-state index in [1.807, 2.05) is 0 Å². The van der Waals surface area contributed by atoms with Crippen LogP contribution >= 0.6 is 0 Å². The minimum atomic E-state index is -0.793. The van der Waals surface area contributed by atoms with Crippen LogP contribution in [0.15, 0.2) is 97.2 Å². The van der Waals surface area contributed by atoms with E-state index in [4.69, 9.17) is 14.2 Å². The van der Waals surface area contributed by atoms with Crippen molar-refractivity contribution >= 4 is 17.9 Å². The lowest BCUT2D eigenvalue weighted by Gasteiger charge is -2.18. The van der Waals surface area contributed by atoms with Gasteiger partial charge in [-0.25, -0.2) is 0 Å². The van der Waals surface area contributed by atoms with Crippen molar-refractivity contribution < 1.29 is 28.6 Å². The number of rotatable bonds is 52. The van der Waals surface area contributed by atoms with Gasteiger partial charge in [-0.3, -0.25) is 14.4 Å². The second-order valence-corrected chi connectivity index (χ2v) is 19.2. The van der Waals surface area contributed by atoms with Crippen molar-refractivity contribution in [1.82, 2.24) is 0 Å². The minimum Gasteiger partial charge on any atom is -0.462 e. The summed E-state index contributed by atoms with van der Waals surface area (Å²) in [6, 6.07) is 0. The van der Waals surface area contributed by atoms with Crippen LogP contribution in [0.25, 0.3) is 0 Å². The number of allylic oxidation sites excluding steroid dienone is 16. The topological polar surface area (TPSA) is 78.9 Å². The summed E-state index contributed by atoms with van der Waals surface area (Å²) >= 11 is 0. The molecule has 0 radical (unpaired) electrons. The maximum absolute atomic E-state index is 12.8. The van der Waals surface area contributed by atoms with Crippen LogP contribution in [0.2, 0.25) is 0 Å². The summed E-state index contributed by atoms with van der Waals surface area (Å²) in [6.45, 7) is 6.43. The third-order valence-electron chi connectivity index (χ3n) is 12.3. The second kappa shape index (κ2) is 57.9. The lowest BCUT2D eigenvalue weighted by molar-refractivity contribution is -0.167. The van der Waals surface area contributed by atoms with Crippen LogP contribution in [0.3, 0.4) is 0 Å². The van der Waals surface area contributed by atoms with Gasteiger partial charge in [-0.05, 0) is 116 Å². The Labute approximate surface area is 432 Å². The first-order valence-electron chi connectivity index (χ1n) is 29.2. The van der Waals surface area contributed by atoms with Gasteiger partial charge in [0.25, 0.3) is 0 Å². The van der Waals surface area contributed by atoms with Crippen LogP contribution in [-0.2, 0) is 28.6 Å². The number of esters is 3. The second-order valence-electron chi connectivity index (χ2n) is 19.2. The average molecular weight is 974 g/mol. The molecule has 0 aliphatic rings. The molecule has 70 heavy (non-hydrogen) atoms. The van der Waals surface area contributed by atoms with Gasteiger partial charge < -0.3 is 14.2 Å². The lowest BCUT2D eigenvalue weighted by atomic mass is 10.1. The Bertz CT molecular complexity index is 1400. The Morgan fingerprint density at radius 2 is 0.586 bits per heavy atom. The molecule has 6 nitrogen and oxygen atoms in total. The fraction of sp³-hybridized carbons (Fsp3) is 0.703. The van der Waals surface area contributed by atoms with Gasteiger partial charge in [-0.1, -0.05) is 234 Å². The largest absolute Gasteiger partial charge is 0.462 e. The van der Waals surface area contributed by atoms with Gasteiger partial charge in [-0.2, -0.15) is 0 Å². The molecule has 0 aliphatic heterocycles. The van der Waals surface area contributed by atoms with E-state index in [-0.39, 0.29) is 31.1 Å². The molecule has 0 amide bonds. The maximum Gasteiger partial charge on any atom is 0.306 e. The Balaban J connectivity index is 4.34. The van der Waals surface area contributed by atoms with Crippen molar-refractivity contribution in [2.45, 2.75) is 277 Å². The zero-order valence-electron chi connectivity index (χ0n) is 45.8. The molecule has 0 heterocycles. The Hall–Kier alpha value is -3.67. The molecule has 0 spiro atoms. The van der Waals surface area contributed by atoms with E-state index in [1.165, 1.54) is 96.3 Å². The van der Waals surface area contributed by atoms with E-state index >= 15 is 0 Å². The van der Waals surface area contributed by atoms with Crippen LogP contribution in [0.5, 0.6) is 0 Å². The van der Waals surface area contributed by atoms with Gasteiger partial charge in [0.2, 0.25) is 0 Å². The SMILES string of the molecule is CC/C=C\C/C=C\C/C=C\C/C=C\CCCCCCCCC(=O)OC(COC(=O)CCCCCCC/C=C\CCC)COC(=O)CCCCCCCCCC/C=C\C/C=C\C/C=C\CCCCCCC. The van der Waals surface area contributed by atoms with E-state index in [0.29, 0.717) is 19.3 Å². The summed E-state index contributed by atoms with van der Waals surface area (Å²) in [5, 5.41) is 0. The predicted octanol–water partition coefficient (Wildman–Crippen LogP) is 19.7. The number of hydrogen-bond donors (Lipinski definition) is 0. The van der Waals surface area contributed by atoms with Crippen molar-refractivity contribution in [2.24, 2.45) is 0 Å². The molecule has 0 aliphatic carbocycles. The Kier molecular flexibility index (Phi) is 54.9. The Morgan fingerprint density at radius 3 is 0.943 bits per heavy atom. The van der Waals surface area contributed by atoms with E-state index in [0.717, 1.165) is 135 Å². The van der Waals surface area contributed by atoms with E-state index < -0.39 is 6.10 Å². The standard InChI is InChI=1S/C64H108O6/c1-4-7-10-13-16-19-22-24-26-28-30-31-32-33-35-36-38-40-42-45-48-51-54-57-63(66)69-60-61(59-68-62(65)56-53-50-47-44-21-18-15-12-9-6-3)70-64(67)58-55-52-49-46-43-41-39-37-34-29-27-25-23-20-17-14-11-8-5-2/h8,11-12,15,17,20,22,24-25,27-28,30,32-34,37,61H,4-7,9-10,13-14,16,18-19,21,23,26,29,31,35-36,38-60H2,1-3H3/b11-8-,15-12-,20-17-,24-22-,27-25-,30-28-,33-32-,37-34-. The van der Waals surface area contributed by atoms with Crippen LogP contribution in [0, 0.1) is 0 Å². The molecule has 0 saturated carbocycles. The number of unbranched alkanes of at least 4 members (excludes halogenated alkanes) is 25. The van der Waals surface area contributed by atoms with Crippen molar-refractivity contribution in [3.63, 3.8) is 0 Å². The van der Waals surface area contributed by atoms with Gasteiger partial charge in [0.15, 0.2) is 6.10 Å². The molecule has 1 unspecified atom stereocenters. The first-order valence-corrected chi connectivity index (χ1v) is 29.2. The molecule has 0 aromatic carbocycles. The normalized spacial score (nSPS) is 12.8. The highest BCUT2D eigenvalue weighted by molar-refractivity contribution is 5.71. The van der Waals surface area contributed by atoms with Crippen LogP contribution in [0.1, 0.15) is 271 Å². The molecule has 0 fully saturated rings. The van der Waals surface area contributed by atoms with Crippen molar-refractivity contribution in [3.05, 3.63) is 97.2 Å². The molecule has 0 aromatic heterocycles. The minimum absolute atomic E-state index is 0.0906. The fourth-order valence-electron chi connectivity index (χ4n) is 7.91. The summed E-state index contributed by atoms with van der Waals surface area (Å²) in [6.07, 6.45) is 76.9. The molecule has 400 valence electrons. The molecular weight excluding hydrogens is 865 g/mol. The maximum atomic E-state index is 12.8.